The van der Waals surface area contributed by atoms with Crippen LogP contribution in [0.5, 0.6) is 11.5 Å². The van der Waals surface area contributed by atoms with Crippen molar-refractivity contribution >= 4 is 29.0 Å². The van der Waals surface area contributed by atoms with E-state index in [-0.39, 0.29) is 0 Å². The van der Waals surface area contributed by atoms with Crippen LogP contribution < -0.4 is 7.06 Å². The molecule has 1 aromatic heterocycles. The van der Waals surface area contributed by atoms with Crippen LogP contribution >= 0.6 is 0 Å². The van der Waals surface area contributed by atoms with Crippen LogP contribution in [0, 0.1) is 18.3 Å². The van der Waals surface area contributed by atoms with E-state index in [2.05, 4.69) is 11.1 Å². The minimum absolute atomic E-state index is 0.616. The van der Waals surface area contributed by atoms with Gasteiger partial charge < -0.3 is 0 Å². The van der Waals surface area contributed by atoms with Gasteiger partial charge in [0, 0.05) is 0 Å². The number of aromatic nitrogens is 1. The fourth-order valence-electron chi connectivity index (χ4n) is 2.05. The van der Waals surface area contributed by atoms with Gasteiger partial charge in [-0.1, -0.05) is 0 Å². The quantitative estimate of drug-likeness (QED) is 0.680. The van der Waals surface area contributed by atoms with Crippen LogP contribution in [-0.4, -0.2) is 23.1 Å². The molecular weight excluding hydrogens is 334 g/mol. The number of nitriles is 1. The molecule has 0 saturated carbocycles. The van der Waals surface area contributed by atoms with E-state index in [0.717, 1.165) is 28.1 Å². The van der Waals surface area contributed by atoms with Gasteiger partial charge in [0.2, 0.25) is 0 Å². The number of aryl methyl sites for hydroxylation is 1. The van der Waals surface area contributed by atoms with Crippen molar-refractivity contribution < 1.29 is 7.06 Å². The average Bonchev–Trinajstić information content (AvgIpc) is 2.56. The molecule has 1 heterocycles. The molecule has 2 aromatic carbocycles. The van der Waals surface area contributed by atoms with Crippen molar-refractivity contribution in [3.63, 3.8) is 0 Å². The van der Waals surface area contributed by atoms with Crippen LogP contribution in [0.15, 0.2) is 54.6 Å². The topological polar surface area (TPSA) is 55.1 Å². The van der Waals surface area contributed by atoms with E-state index >= 15 is 0 Å². The molecule has 3 aromatic rings. The van der Waals surface area contributed by atoms with Crippen LogP contribution in [0.25, 0.3) is 10.9 Å². The number of hydrogen-bond acceptors (Lipinski definition) is 4. The van der Waals surface area contributed by atoms with Gasteiger partial charge in [-0.2, -0.15) is 0 Å². The van der Waals surface area contributed by atoms with Crippen molar-refractivity contribution in [1.82, 2.24) is 4.98 Å². The van der Waals surface area contributed by atoms with Crippen LogP contribution in [-0.2, 0) is 0 Å². The van der Waals surface area contributed by atoms with E-state index in [9.17, 15) is 0 Å². The molecule has 4 nitrogen and oxygen atoms in total. The SMILES string of the molecule is Cc1ccc2cccc([O][Ga][O]c3ccc(C#N)cc3)c2n1. The Balaban J connectivity index is 1.71. The number of benzene rings is 2. The van der Waals surface area contributed by atoms with Gasteiger partial charge in [-0.05, 0) is 0 Å². The van der Waals surface area contributed by atoms with Crippen molar-refractivity contribution in [2.75, 3.05) is 0 Å². The number of nitrogens with zero attached hydrogens (tertiary/aromatic N) is 2. The maximum atomic E-state index is 8.76. The Kier molecular flexibility index (Phi) is 4.33. The van der Waals surface area contributed by atoms with Crippen LogP contribution in [0.2, 0.25) is 0 Å². The molecule has 0 saturated heterocycles. The fourth-order valence-corrected chi connectivity index (χ4v) is 3.33. The summed E-state index contributed by atoms with van der Waals surface area (Å²) in [5.41, 5.74) is 2.44. The molecule has 0 aliphatic heterocycles. The third kappa shape index (κ3) is 3.25. The molecule has 1 radical (unpaired) electrons. The number of para-hydroxylation sites is 1. The van der Waals surface area contributed by atoms with E-state index in [1.165, 1.54) is 0 Å². The van der Waals surface area contributed by atoms with Crippen molar-refractivity contribution in [2.45, 2.75) is 6.92 Å². The first-order valence-corrected chi connectivity index (χ1v) is 8.75. The summed E-state index contributed by atoms with van der Waals surface area (Å²) >= 11 is -1.39. The van der Waals surface area contributed by atoms with E-state index in [4.69, 9.17) is 12.3 Å². The average molecular weight is 346 g/mol. The minimum atomic E-state index is -1.39. The van der Waals surface area contributed by atoms with Crippen LogP contribution in [0.1, 0.15) is 11.3 Å². The molecule has 0 spiro atoms. The summed E-state index contributed by atoms with van der Waals surface area (Å²) in [5.74, 6) is 1.48. The summed E-state index contributed by atoms with van der Waals surface area (Å²) in [6.07, 6.45) is 0. The first-order valence-electron chi connectivity index (χ1n) is 6.78. The monoisotopic (exact) mass is 345 g/mol. The predicted molar refractivity (Wildman–Crippen MR) is 84.6 cm³/mol. The molecule has 0 N–H and O–H groups in total. The fraction of sp³-hybridized carbons (Fsp3) is 0.0588. The second-order valence-corrected chi connectivity index (χ2v) is 6.14. The number of rotatable bonds is 4. The summed E-state index contributed by atoms with van der Waals surface area (Å²) in [4.78, 5) is 4.53. The van der Waals surface area contributed by atoms with Gasteiger partial charge in [0.1, 0.15) is 0 Å². The molecule has 0 bridgehead atoms. The zero-order valence-electron chi connectivity index (χ0n) is 12.0. The normalized spacial score (nSPS) is 10.0. The summed E-state index contributed by atoms with van der Waals surface area (Å²) in [6.45, 7) is 1.96. The van der Waals surface area contributed by atoms with Gasteiger partial charge in [-0.3, -0.25) is 0 Å². The Hall–Kier alpha value is -2.42. The van der Waals surface area contributed by atoms with Gasteiger partial charge >= 0.3 is 137 Å². The predicted octanol–water partition coefficient (Wildman–Crippen LogP) is 3.41. The first kappa shape index (κ1) is 14.5. The van der Waals surface area contributed by atoms with Crippen molar-refractivity contribution in [3.05, 3.63) is 65.9 Å². The molecule has 22 heavy (non-hydrogen) atoms. The van der Waals surface area contributed by atoms with Crippen molar-refractivity contribution in [2.24, 2.45) is 0 Å². The van der Waals surface area contributed by atoms with Gasteiger partial charge in [-0.25, -0.2) is 0 Å². The molecule has 0 amide bonds. The maximum absolute atomic E-state index is 8.76. The van der Waals surface area contributed by atoms with Gasteiger partial charge in [0.05, 0.1) is 0 Å². The zero-order chi connectivity index (χ0) is 15.4. The van der Waals surface area contributed by atoms with E-state index < -0.39 is 18.1 Å². The second-order valence-electron chi connectivity index (χ2n) is 4.75. The van der Waals surface area contributed by atoms with E-state index in [1.54, 1.807) is 24.3 Å². The van der Waals surface area contributed by atoms with Gasteiger partial charge in [-0.15, -0.1) is 0 Å². The summed E-state index contributed by atoms with van der Waals surface area (Å²) in [6, 6.07) is 19.0. The zero-order valence-corrected chi connectivity index (χ0v) is 14.4. The molecular formula is C17H12GaN2O2. The molecule has 0 atom stereocenters. The summed E-state index contributed by atoms with van der Waals surface area (Å²) < 4.78 is 11.5. The van der Waals surface area contributed by atoms with E-state index in [1.807, 2.05) is 37.3 Å². The van der Waals surface area contributed by atoms with Crippen LogP contribution in [0.3, 0.4) is 0 Å². The first-order chi connectivity index (χ1) is 10.8. The second kappa shape index (κ2) is 6.56. The molecule has 0 unspecified atom stereocenters. The third-order valence-corrected chi connectivity index (χ3v) is 4.67. The Morgan fingerprint density at radius 2 is 1.82 bits per heavy atom. The Labute approximate surface area is 136 Å². The number of pyridine rings is 1. The van der Waals surface area contributed by atoms with E-state index in [0.29, 0.717) is 5.56 Å². The van der Waals surface area contributed by atoms with Gasteiger partial charge in [0.25, 0.3) is 0 Å². The molecule has 3 rings (SSSR count). The molecule has 5 heteroatoms. The Morgan fingerprint density at radius 3 is 2.59 bits per heavy atom. The third-order valence-electron chi connectivity index (χ3n) is 3.17. The molecule has 0 aliphatic carbocycles. The Bertz CT molecular complexity index is 841. The molecule has 0 aliphatic rings. The van der Waals surface area contributed by atoms with Gasteiger partial charge in [0.15, 0.2) is 0 Å². The Morgan fingerprint density at radius 1 is 1.00 bits per heavy atom. The number of fused-ring (bicyclic) bond motifs is 1. The van der Waals surface area contributed by atoms with Crippen LogP contribution in [0.4, 0.5) is 0 Å². The van der Waals surface area contributed by atoms with Crippen molar-refractivity contribution in [1.29, 1.82) is 5.26 Å². The molecule has 0 fully saturated rings. The summed E-state index contributed by atoms with van der Waals surface area (Å²) in [5, 5.41) is 9.82. The molecule has 105 valence electrons. The standard InChI is InChI=1S/C10H9NO.C7H5NO.Ga/c1-7-5-6-8-3-2-4-9(12)10(8)11-7;8-5-6-1-3-7(9)4-2-6;/h2-6,12H,1H3;1-4,9H;/q;;+2/p-2. The van der Waals surface area contributed by atoms with Crippen molar-refractivity contribution in [3.8, 4) is 17.6 Å². The number of hydrogen-bond donors (Lipinski definition) is 0. The summed E-state index contributed by atoms with van der Waals surface area (Å²) in [7, 11) is 0.